The van der Waals surface area contributed by atoms with Crippen molar-refractivity contribution in [3.05, 3.63) is 33.8 Å². The highest BCUT2D eigenvalue weighted by Crippen LogP contribution is 2.36. The Bertz CT molecular complexity index is 400. The zero-order chi connectivity index (χ0) is 12.3. The Kier molecular flexibility index (Phi) is 4.20. The van der Waals surface area contributed by atoms with Crippen LogP contribution in [0.4, 0.5) is 0 Å². The van der Waals surface area contributed by atoms with Crippen LogP contribution in [0.2, 0.25) is 0 Å². The molecular formula is C14H19BrO. The van der Waals surface area contributed by atoms with Crippen molar-refractivity contribution in [2.75, 3.05) is 7.11 Å². The molecule has 0 N–H and O–H groups in total. The molecule has 16 heavy (non-hydrogen) atoms. The maximum Gasteiger partial charge on any atom is 0.123 e. The summed E-state index contributed by atoms with van der Waals surface area (Å²) >= 11 is 3.60. The molecule has 0 atom stereocenters. The lowest BCUT2D eigenvalue weighted by Crippen LogP contribution is -2.13. The standard InChI is InChI=1S/C14H19BrO/c1-6-7-10-8-13(16-5)11(9-12(10)15)14(2,3)4/h6-9H,1-5H3. The smallest absolute Gasteiger partial charge is 0.123 e. The van der Waals surface area contributed by atoms with Crippen molar-refractivity contribution in [2.45, 2.75) is 33.1 Å². The van der Waals surface area contributed by atoms with E-state index in [4.69, 9.17) is 4.74 Å². The summed E-state index contributed by atoms with van der Waals surface area (Å²) in [5, 5.41) is 0. The van der Waals surface area contributed by atoms with Crippen molar-refractivity contribution in [1.29, 1.82) is 0 Å². The van der Waals surface area contributed by atoms with Gasteiger partial charge in [0, 0.05) is 10.0 Å². The van der Waals surface area contributed by atoms with Crippen LogP contribution in [0, 0.1) is 0 Å². The number of benzene rings is 1. The number of allylic oxidation sites excluding steroid dienone is 1. The van der Waals surface area contributed by atoms with E-state index in [0.29, 0.717) is 0 Å². The number of hydrogen-bond donors (Lipinski definition) is 0. The van der Waals surface area contributed by atoms with Gasteiger partial charge in [0.2, 0.25) is 0 Å². The maximum atomic E-state index is 5.46. The lowest BCUT2D eigenvalue weighted by atomic mass is 9.86. The van der Waals surface area contributed by atoms with Crippen LogP contribution in [0.5, 0.6) is 5.75 Å². The second kappa shape index (κ2) is 5.05. The molecule has 0 spiro atoms. The minimum Gasteiger partial charge on any atom is -0.496 e. The Morgan fingerprint density at radius 2 is 1.88 bits per heavy atom. The molecule has 0 saturated heterocycles. The molecule has 1 rings (SSSR count). The fourth-order valence-electron chi connectivity index (χ4n) is 1.63. The van der Waals surface area contributed by atoms with Gasteiger partial charge in [-0.2, -0.15) is 0 Å². The van der Waals surface area contributed by atoms with E-state index in [1.807, 2.05) is 13.0 Å². The number of methoxy groups -OCH3 is 1. The van der Waals surface area contributed by atoms with Crippen molar-refractivity contribution >= 4 is 22.0 Å². The molecule has 0 aliphatic rings. The lowest BCUT2D eigenvalue weighted by molar-refractivity contribution is 0.397. The van der Waals surface area contributed by atoms with Gasteiger partial charge in [0.1, 0.15) is 5.75 Å². The van der Waals surface area contributed by atoms with Crippen LogP contribution in [-0.2, 0) is 5.41 Å². The van der Waals surface area contributed by atoms with E-state index in [9.17, 15) is 0 Å². The highest BCUT2D eigenvalue weighted by molar-refractivity contribution is 9.10. The minimum atomic E-state index is 0.0856. The van der Waals surface area contributed by atoms with E-state index in [2.05, 4.69) is 54.9 Å². The molecule has 0 bridgehead atoms. The van der Waals surface area contributed by atoms with E-state index < -0.39 is 0 Å². The number of rotatable bonds is 2. The van der Waals surface area contributed by atoms with Gasteiger partial charge < -0.3 is 4.74 Å². The Hall–Kier alpha value is -0.760. The molecule has 0 radical (unpaired) electrons. The van der Waals surface area contributed by atoms with Crippen molar-refractivity contribution in [2.24, 2.45) is 0 Å². The molecule has 1 aromatic carbocycles. The molecule has 0 amide bonds. The van der Waals surface area contributed by atoms with Gasteiger partial charge in [0.05, 0.1) is 7.11 Å². The van der Waals surface area contributed by atoms with Crippen LogP contribution in [-0.4, -0.2) is 7.11 Å². The van der Waals surface area contributed by atoms with Crippen LogP contribution in [0.15, 0.2) is 22.7 Å². The SMILES string of the molecule is CC=Cc1cc(OC)c(C(C)(C)C)cc1Br. The third-order valence-electron chi connectivity index (χ3n) is 2.47. The lowest BCUT2D eigenvalue weighted by Gasteiger charge is -2.23. The summed E-state index contributed by atoms with van der Waals surface area (Å²) in [7, 11) is 1.72. The summed E-state index contributed by atoms with van der Waals surface area (Å²) in [6, 6.07) is 4.22. The summed E-state index contributed by atoms with van der Waals surface area (Å²) in [5.74, 6) is 0.948. The van der Waals surface area contributed by atoms with Gasteiger partial charge in [-0.05, 0) is 30.0 Å². The molecule has 1 nitrogen and oxygen atoms in total. The number of halogens is 1. The summed E-state index contributed by atoms with van der Waals surface area (Å²) in [5.41, 5.74) is 2.45. The largest absolute Gasteiger partial charge is 0.496 e. The molecule has 88 valence electrons. The summed E-state index contributed by atoms with van der Waals surface area (Å²) < 4.78 is 6.57. The van der Waals surface area contributed by atoms with Crippen molar-refractivity contribution in [3.63, 3.8) is 0 Å². The van der Waals surface area contributed by atoms with Crippen LogP contribution in [0.25, 0.3) is 6.08 Å². The first-order valence-electron chi connectivity index (χ1n) is 5.41. The third kappa shape index (κ3) is 2.88. The summed E-state index contributed by atoms with van der Waals surface area (Å²) in [6.07, 6.45) is 4.09. The zero-order valence-corrected chi connectivity index (χ0v) is 12.2. The van der Waals surface area contributed by atoms with Crippen molar-refractivity contribution in [3.8, 4) is 5.75 Å². The topological polar surface area (TPSA) is 9.23 Å². The number of hydrogen-bond acceptors (Lipinski definition) is 1. The molecule has 1 aromatic rings. The fraction of sp³-hybridized carbons (Fsp3) is 0.429. The predicted octanol–water partition coefficient (Wildman–Crippen LogP) is 4.79. The maximum absolute atomic E-state index is 5.46. The second-order valence-electron chi connectivity index (χ2n) is 4.82. The Morgan fingerprint density at radius 1 is 1.25 bits per heavy atom. The van der Waals surface area contributed by atoms with Gasteiger partial charge in [0.15, 0.2) is 0 Å². The average molecular weight is 283 g/mol. The van der Waals surface area contributed by atoms with Gasteiger partial charge in [-0.1, -0.05) is 48.9 Å². The van der Waals surface area contributed by atoms with Gasteiger partial charge in [-0.3, -0.25) is 0 Å². The third-order valence-corrected chi connectivity index (χ3v) is 3.16. The van der Waals surface area contributed by atoms with Crippen LogP contribution in [0.3, 0.4) is 0 Å². The van der Waals surface area contributed by atoms with Crippen molar-refractivity contribution < 1.29 is 4.74 Å². The first-order valence-corrected chi connectivity index (χ1v) is 6.20. The molecular weight excluding hydrogens is 264 g/mol. The van der Waals surface area contributed by atoms with Gasteiger partial charge in [-0.25, -0.2) is 0 Å². The first kappa shape index (κ1) is 13.3. The minimum absolute atomic E-state index is 0.0856. The van der Waals surface area contributed by atoms with E-state index in [1.165, 1.54) is 5.56 Å². The molecule has 0 unspecified atom stereocenters. The van der Waals surface area contributed by atoms with Gasteiger partial charge in [0.25, 0.3) is 0 Å². The van der Waals surface area contributed by atoms with Crippen LogP contribution in [0.1, 0.15) is 38.8 Å². The van der Waals surface area contributed by atoms with Gasteiger partial charge in [-0.15, -0.1) is 0 Å². The molecule has 0 heterocycles. The van der Waals surface area contributed by atoms with E-state index in [1.54, 1.807) is 7.11 Å². The normalized spacial score (nSPS) is 12.1. The van der Waals surface area contributed by atoms with E-state index in [-0.39, 0.29) is 5.41 Å². The van der Waals surface area contributed by atoms with Gasteiger partial charge >= 0.3 is 0 Å². The van der Waals surface area contributed by atoms with Crippen molar-refractivity contribution in [1.82, 2.24) is 0 Å². The second-order valence-corrected chi connectivity index (χ2v) is 5.68. The number of ether oxygens (including phenoxy) is 1. The summed E-state index contributed by atoms with van der Waals surface area (Å²) in [4.78, 5) is 0. The molecule has 0 fully saturated rings. The van der Waals surface area contributed by atoms with E-state index in [0.717, 1.165) is 15.8 Å². The molecule has 0 aliphatic carbocycles. The zero-order valence-electron chi connectivity index (χ0n) is 10.6. The van der Waals surface area contributed by atoms with Crippen LogP contribution >= 0.6 is 15.9 Å². The Balaban J connectivity index is 3.38. The molecule has 2 heteroatoms. The Labute approximate surface area is 107 Å². The molecule has 0 aliphatic heterocycles. The summed E-state index contributed by atoms with van der Waals surface area (Å²) in [6.45, 7) is 8.57. The van der Waals surface area contributed by atoms with Crippen LogP contribution < -0.4 is 4.74 Å². The van der Waals surface area contributed by atoms with E-state index >= 15 is 0 Å². The molecule has 0 aromatic heterocycles. The monoisotopic (exact) mass is 282 g/mol. The fourth-order valence-corrected chi connectivity index (χ4v) is 2.11. The average Bonchev–Trinajstić information content (AvgIpc) is 2.19. The highest BCUT2D eigenvalue weighted by atomic mass is 79.9. The molecule has 0 saturated carbocycles. The highest BCUT2D eigenvalue weighted by Gasteiger charge is 2.20. The quantitative estimate of drug-likeness (QED) is 0.758. The Morgan fingerprint density at radius 3 is 2.31 bits per heavy atom. The predicted molar refractivity (Wildman–Crippen MR) is 74.1 cm³/mol. The first-order chi connectivity index (χ1) is 7.40.